The van der Waals surface area contributed by atoms with Crippen LogP contribution in [0, 0.1) is 5.92 Å². The zero-order valence-corrected chi connectivity index (χ0v) is 11.7. The van der Waals surface area contributed by atoms with Gasteiger partial charge in [0.15, 0.2) is 0 Å². The molecule has 2 fully saturated rings. The molecule has 18 heavy (non-hydrogen) atoms. The van der Waals surface area contributed by atoms with Crippen molar-refractivity contribution in [3.63, 3.8) is 0 Å². The normalized spacial score (nSPS) is 19.0. The van der Waals surface area contributed by atoms with Gasteiger partial charge < -0.3 is 10.2 Å². The second kappa shape index (κ2) is 5.10. The van der Waals surface area contributed by atoms with Crippen LogP contribution in [0.3, 0.4) is 0 Å². The molecular weight excluding hydrogens is 244 g/mol. The maximum Gasteiger partial charge on any atom is 0.0471 e. The molecule has 2 aliphatic carbocycles. The van der Waals surface area contributed by atoms with Crippen molar-refractivity contribution in [3.05, 3.63) is 28.8 Å². The molecule has 0 saturated heterocycles. The molecule has 0 bridgehead atoms. The van der Waals surface area contributed by atoms with Gasteiger partial charge in [0.1, 0.15) is 0 Å². The maximum atomic E-state index is 6.36. The number of rotatable bonds is 6. The van der Waals surface area contributed by atoms with Gasteiger partial charge in [-0.15, -0.1) is 0 Å². The lowest BCUT2D eigenvalue weighted by atomic mass is 10.1. The van der Waals surface area contributed by atoms with E-state index in [0.717, 1.165) is 23.5 Å². The first-order valence-corrected chi connectivity index (χ1v) is 7.35. The third-order valence-electron chi connectivity index (χ3n) is 3.87. The Kier molecular flexibility index (Phi) is 3.49. The SMILES string of the molecule is CNCc1ccc(N(CC2CC2)C2CC2)cc1Cl. The Morgan fingerprint density at radius 3 is 2.61 bits per heavy atom. The van der Waals surface area contributed by atoms with E-state index in [1.165, 1.54) is 43.5 Å². The topological polar surface area (TPSA) is 15.3 Å². The summed E-state index contributed by atoms with van der Waals surface area (Å²) in [5.74, 6) is 0.932. The van der Waals surface area contributed by atoms with Gasteiger partial charge in [-0.3, -0.25) is 0 Å². The molecule has 3 rings (SSSR count). The van der Waals surface area contributed by atoms with Gasteiger partial charge >= 0.3 is 0 Å². The Bertz CT molecular complexity index is 425. The van der Waals surface area contributed by atoms with Gasteiger partial charge in [0, 0.05) is 29.8 Å². The van der Waals surface area contributed by atoms with Crippen molar-refractivity contribution in [2.75, 3.05) is 18.5 Å². The van der Waals surface area contributed by atoms with Crippen molar-refractivity contribution >= 4 is 17.3 Å². The van der Waals surface area contributed by atoms with Crippen LogP contribution in [0.4, 0.5) is 5.69 Å². The van der Waals surface area contributed by atoms with Crippen LogP contribution < -0.4 is 10.2 Å². The largest absolute Gasteiger partial charge is 0.368 e. The number of benzene rings is 1. The van der Waals surface area contributed by atoms with E-state index in [1.54, 1.807) is 0 Å². The molecule has 1 aromatic carbocycles. The average molecular weight is 265 g/mol. The fraction of sp³-hybridized carbons (Fsp3) is 0.600. The maximum absolute atomic E-state index is 6.36. The lowest BCUT2D eigenvalue weighted by Crippen LogP contribution is -2.28. The lowest BCUT2D eigenvalue weighted by molar-refractivity contribution is 0.718. The van der Waals surface area contributed by atoms with E-state index in [9.17, 15) is 0 Å². The van der Waals surface area contributed by atoms with Gasteiger partial charge in [-0.05, 0) is 56.3 Å². The molecule has 0 radical (unpaired) electrons. The molecule has 0 amide bonds. The third-order valence-corrected chi connectivity index (χ3v) is 4.23. The molecule has 0 unspecified atom stereocenters. The molecule has 2 aliphatic rings. The number of anilines is 1. The van der Waals surface area contributed by atoms with Crippen molar-refractivity contribution < 1.29 is 0 Å². The lowest BCUT2D eigenvalue weighted by Gasteiger charge is -2.25. The smallest absolute Gasteiger partial charge is 0.0471 e. The second-order valence-electron chi connectivity index (χ2n) is 5.63. The van der Waals surface area contributed by atoms with Crippen molar-refractivity contribution in [2.45, 2.75) is 38.3 Å². The van der Waals surface area contributed by atoms with Gasteiger partial charge in [0.2, 0.25) is 0 Å². The number of hydrogen-bond acceptors (Lipinski definition) is 2. The molecule has 0 heterocycles. The Hall–Kier alpha value is -0.730. The first-order valence-electron chi connectivity index (χ1n) is 6.97. The van der Waals surface area contributed by atoms with Crippen molar-refractivity contribution in [3.8, 4) is 0 Å². The minimum atomic E-state index is 0.775. The van der Waals surface area contributed by atoms with Crippen LogP contribution >= 0.6 is 11.6 Å². The Morgan fingerprint density at radius 2 is 2.06 bits per heavy atom. The molecule has 2 saturated carbocycles. The Balaban J connectivity index is 1.77. The monoisotopic (exact) mass is 264 g/mol. The molecule has 1 aromatic rings. The van der Waals surface area contributed by atoms with Gasteiger partial charge in [-0.2, -0.15) is 0 Å². The van der Waals surface area contributed by atoms with Crippen molar-refractivity contribution in [2.24, 2.45) is 5.92 Å². The minimum absolute atomic E-state index is 0.775. The van der Waals surface area contributed by atoms with E-state index >= 15 is 0 Å². The number of nitrogens with zero attached hydrogens (tertiary/aromatic N) is 1. The molecule has 0 aliphatic heterocycles. The highest BCUT2D eigenvalue weighted by molar-refractivity contribution is 6.31. The molecule has 3 heteroatoms. The number of hydrogen-bond donors (Lipinski definition) is 1. The molecule has 1 N–H and O–H groups in total. The van der Waals surface area contributed by atoms with Crippen LogP contribution in [0.5, 0.6) is 0 Å². The van der Waals surface area contributed by atoms with Gasteiger partial charge in [0.25, 0.3) is 0 Å². The summed E-state index contributed by atoms with van der Waals surface area (Å²) in [5.41, 5.74) is 2.50. The first kappa shape index (κ1) is 12.3. The van der Waals surface area contributed by atoms with Crippen LogP contribution in [0.25, 0.3) is 0 Å². The molecule has 2 nitrogen and oxygen atoms in total. The second-order valence-corrected chi connectivity index (χ2v) is 6.04. The Morgan fingerprint density at radius 1 is 1.28 bits per heavy atom. The standard InChI is InChI=1S/C15H21ClN2/c1-17-9-12-4-5-14(8-15(12)16)18(13-6-7-13)10-11-2-3-11/h4-5,8,11,13,17H,2-3,6-7,9-10H2,1H3. The van der Waals surface area contributed by atoms with Crippen LogP contribution in [-0.2, 0) is 6.54 Å². The predicted octanol–water partition coefficient (Wildman–Crippen LogP) is 3.44. The molecule has 0 spiro atoms. The summed E-state index contributed by atoms with van der Waals surface area (Å²) < 4.78 is 0. The van der Waals surface area contributed by atoms with Gasteiger partial charge in [-0.25, -0.2) is 0 Å². The van der Waals surface area contributed by atoms with Gasteiger partial charge in [0.05, 0.1) is 0 Å². The zero-order chi connectivity index (χ0) is 12.5. The summed E-state index contributed by atoms with van der Waals surface area (Å²) in [6, 6.07) is 7.32. The quantitative estimate of drug-likeness (QED) is 0.847. The molecule has 0 atom stereocenters. The highest BCUT2D eigenvalue weighted by Gasteiger charge is 2.33. The summed E-state index contributed by atoms with van der Waals surface area (Å²) in [5, 5.41) is 4.04. The van der Waals surface area contributed by atoms with Crippen LogP contribution in [0.15, 0.2) is 18.2 Å². The van der Waals surface area contributed by atoms with E-state index in [1.807, 2.05) is 7.05 Å². The van der Waals surface area contributed by atoms with E-state index in [0.29, 0.717) is 0 Å². The summed E-state index contributed by atoms with van der Waals surface area (Å²) in [6.45, 7) is 2.07. The third kappa shape index (κ3) is 2.81. The van der Waals surface area contributed by atoms with Crippen LogP contribution in [0.1, 0.15) is 31.2 Å². The minimum Gasteiger partial charge on any atom is -0.368 e. The van der Waals surface area contributed by atoms with Gasteiger partial charge in [-0.1, -0.05) is 17.7 Å². The molecule has 98 valence electrons. The van der Waals surface area contributed by atoms with Crippen LogP contribution in [0.2, 0.25) is 5.02 Å². The Labute approximate surface area is 114 Å². The summed E-state index contributed by atoms with van der Waals surface area (Å²) in [4.78, 5) is 2.58. The van der Waals surface area contributed by atoms with E-state index in [2.05, 4.69) is 28.4 Å². The highest BCUT2D eigenvalue weighted by atomic mass is 35.5. The zero-order valence-electron chi connectivity index (χ0n) is 11.0. The number of nitrogens with one attached hydrogen (secondary N) is 1. The predicted molar refractivity (Wildman–Crippen MR) is 77.3 cm³/mol. The van der Waals surface area contributed by atoms with Crippen molar-refractivity contribution in [1.29, 1.82) is 0 Å². The first-order chi connectivity index (χ1) is 8.78. The molecule has 0 aromatic heterocycles. The highest BCUT2D eigenvalue weighted by Crippen LogP contribution is 2.38. The fourth-order valence-electron chi connectivity index (χ4n) is 2.48. The van der Waals surface area contributed by atoms with E-state index in [-0.39, 0.29) is 0 Å². The molecular formula is C15H21ClN2. The van der Waals surface area contributed by atoms with E-state index in [4.69, 9.17) is 11.6 Å². The average Bonchev–Trinajstić information content (AvgIpc) is 3.23. The fourth-order valence-corrected chi connectivity index (χ4v) is 2.72. The summed E-state index contributed by atoms with van der Waals surface area (Å²) >= 11 is 6.36. The summed E-state index contributed by atoms with van der Waals surface area (Å²) in [7, 11) is 1.95. The van der Waals surface area contributed by atoms with E-state index < -0.39 is 0 Å². The van der Waals surface area contributed by atoms with Crippen LogP contribution in [-0.4, -0.2) is 19.6 Å². The van der Waals surface area contributed by atoms with Crippen molar-refractivity contribution in [1.82, 2.24) is 5.32 Å². The number of halogens is 1. The summed E-state index contributed by atoms with van der Waals surface area (Å²) in [6.07, 6.45) is 5.52.